The molecule has 2 saturated heterocycles. The zero-order valence-electron chi connectivity index (χ0n) is 18.2. The van der Waals surface area contributed by atoms with Crippen LogP contribution in [0.3, 0.4) is 0 Å². The lowest BCUT2D eigenvalue weighted by atomic mass is 9.93. The van der Waals surface area contributed by atoms with Crippen LogP contribution in [0.15, 0.2) is 22.8 Å². The molecule has 3 atom stereocenters. The van der Waals surface area contributed by atoms with Gasteiger partial charge >= 0.3 is 0 Å². The van der Waals surface area contributed by atoms with Crippen molar-refractivity contribution >= 4 is 17.7 Å². The second-order valence-corrected chi connectivity index (χ2v) is 8.78. The number of piperazine rings is 1. The molecule has 0 radical (unpaired) electrons. The van der Waals surface area contributed by atoms with Crippen LogP contribution in [0.1, 0.15) is 38.2 Å². The highest BCUT2D eigenvalue weighted by Gasteiger charge is 2.52. The second-order valence-electron chi connectivity index (χ2n) is 8.78. The molecule has 1 aromatic rings. The molecule has 1 aromatic heterocycles. The summed E-state index contributed by atoms with van der Waals surface area (Å²) in [6, 6.07) is 2.07. The topological polar surface area (TPSA) is 112 Å². The van der Waals surface area contributed by atoms with E-state index in [0.29, 0.717) is 25.6 Å². The number of rotatable bonds is 7. The number of hydrogen-bond donors (Lipinski definition) is 2. The van der Waals surface area contributed by atoms with E-state index in [2.05, 4.69) is 19.2 Å². The second kappa shape index (κ2) is 9.18. The summed E-state index contributed by atoms with van der Waals surface area (Å²) in [6.07, 6.45) is 0.903. The Balaban J connectivity index is 1.99. The van der Waals surface area contributed by atoms with E-state index in [1.54, 1.807) is 26.8 Å². The highest BCUT2D eigenvalue weighted by Crippen LogP contribution is 2.30. The van der Waals surface area contributed by atoms with Gasteiger partial charge in [-0.1, -0.05) is 27.7 Å². The molecule has 0 bridgehead atoms. The molecule has 166 valence electrons. The Morgan fingerprint density at radius 2 is 1.97 bits per heavy atom. The van der Waals surface area contributed by atoms with Crippen LogP contribution >= 0.6 is 0 Å². The van der Waals surface area contributed by atoms with Crippen LogP contribution in [0.4, 0.5) is 0 Å². The molecule has 2 fully saturated rings. The number of nitrogens with one attached hydrogen (secondary N) is 1. The lowest BCUT2D eigenvalue weighted by molar-refractivity contribution is -0.172. The fourth-order valence-corrected chi connectivity index (χ4v) is 4.23. The van der Waals surface area contributed by atoms with Gasteiger partial charge in [0.25, 0.3) is 5.91 Å². The van der Waals surface area contributed by atoms with E-state index in [9.17, 15) is 14.4 Å². The minimum absolute atomic E-state index is 0.103. The van der Waals surface area contributed by atoms with E-state index in [4.69, 9.17) is 10.2 Å². The van der Waals surface area contributed by atoms with Crippen molar-refractivity contribution in [2.24, 2.45) is 17.6 Å². The first-order chi connectivity index (χ1) is 14.3. The van der Waals surface area contributed by atoms with Gasteiger partial charge in [0.1, 0.15) is 18.2 Å². The number of furan rings is 1. The van der Waals surface area contributed by atoms with Gasteiger partial charge in [0, 0.05) is 19.6 Å². The summed E-state index contributed by atoms with van der Waals surface area (Å²) in [5.41, 5.74) is 5.72. The standard InChI is InChI=1S/C21H33N5O4/c1-13(2)10-23-15-11-25(20(28)16-6-5-9-30-16)17-12-24(8-7-22)21(29)18(14(3)4)26(17)19(15)27/h5-6,9,13-15,17-18,23H,7-8,10-12,22H2,1-4H3/t15-,17?,18-/m0/s1. The van der Waals surface area contributed by atoms with E-state index in [1.807, 2.05) is 13.8 Å². The minimum atomic E-state index is -0.640. The number of fused-ring (bicyclic) bond motifs is 1. The first kappa shape index (κ1) is 22.3. The molecule has 3 N–H and O–H groups in total. The van der Waals surface area contributed by atoms with Gasteiger partial charge in [-0.25, -0.2) is 0 Å². The number of nitrogens with two attached hydrogens (primary N) is 1. The maximum absolute atomic E-state index is 13.5. The predicted octanol–water partition coefficient (Wildman–Crippen LogP) is 0.330. The molecule has 2 aliphatic rings. The average Bonchev–Trinajstić information content (AvgIpc) is 3.22. The van der Waals surface area contributed by atoms with E-state index in [-0.39, 0.29) is 42.5 Å². The Kier molecular flexibility index (Phi) is 6.82. The molecule has 3 heterocycles. The summed E-state index contributed by atoms with van der Waals surface area (Å²) in [7, 11) is 0. The molecular weight excluding hydrogens is 386 g/mol. The van der Waals surface area contributed by atoms with Gasteiger partial charge in [-0.15, -0.1) is 0 Å². The Labute approximate surface area is 177 Å². The summed E-state index contributed by atoms with van der Waals surface area (Å²) >= 11 is 0. The number of nitrogens with zero attached hydrogens (tertiary/aromatic N) is 3. The normalized spacial score (nSPS) is 24.8. The Morgan fingerprint density at radius 3 is 2.53 bits per heavy atom. The molecule has 30 heavy (non-hydrogen) atoms. The third-order valence-electron chi connectivity index (χ3n) is 5.66. The molecule has 0 aromatic carbocycles. The van der Waals surface area contributed by atoms with Crippen molar-refractivity contribution < 1.29 is 18.8 Å². The zero-order valence-corrected chi connectivity index (χ0v) is 18.2. The quantitative estimate of drug-likeness (QED) is 0.659. The van der Waals surface area contributed by atoms with Crippen LogP contribution in [-0.2, 0) is 9.59 Å². The van der Waals surface area contributed by atoms with Crippen LogP contribution in [0.5, 0.6) is 0 Å². The molecule has 9 heteroatoms. The number of hydrogen-bond acceptors (Lipinski definition) is 6. The average molecular weight is 420 g/mol. The van der Waals surface area contributed by atoms with Crippen molar-refractivity contribution in [1.82, 2.24) is 20.0 Å². The summed E-state index contributed by atoms with van der Waals surface area (Å²) < 4.78 is 5.34. The first-order valence-electron chi connectivity index (χ1n) is 10.6. The fourth-order valence-electron chi connectivity index (χ4n) is 4.23. The molecule has 3 rings (SSSR count). The van der Waals surface area contributed by atoms with E-state index in [0.717, 1.165) is 0 Å². The monoisotopic (exact) mass is 419 g/mol. The third kappa shape index (κ3) is 4.22. The van der Waals surface area contributed by atoms with E-state index < -0.39 is 18.2 Å². The maximum atomic E-state index is 13.5. The highest BCUT2D eigenvalue weighted by molar-refractivity contribution is 5.96. The van der Waals surface area contributed by atoms with Crippen LogP contribution in [-0.4, -0.2) is 83.4 Å². The van der Waals surface area contributed by atoms with Gasteiger partial charge in [-0.05, 0) is 30.5 Å². The maximum Gasteiger partial charge on any atom is 0.291 e. The van der Waals surface area contributed by atoms with Crippen LogP contribution in [0.2, 0.25) is 0 Å². The van der Waals surface area contributed by atoms with Crippen LogP contribution in [0.25, 0.3) is 0 Å². The van der Waals surface area contributed by atoms with Crippen molar-refractivity contribution in [2.75, 3.05) is 32.7 Å². The van der Waals surface area contributed by atoms with Crippen molar-refractivity contribution in [3.63, 3.8) is 0 Å². The van der Waals surface area contributed by atoms with Gasteiger partial charge in [0.05, 0.1) is 12.8 Å². The molecule has 0 spiro atoms. The lowest BCUT2D eigenvalue weighted by Gasteiger charge is -2.54. The molecule has 0 saturated carbocycles. The smallest absolute Gasteiger partial charge is 0.291 e. The molecule has 3 amide bonds. The fraction of sp³-hybridized carbons (Fsp3) is 0.667. The van der Waals surface area contributed by atoms with E-state index >= 15 is 0 Å². The zero-order chi connectivity index (χ0) is 22.0. The molecular formula is C21H33N5O4. The number of amides is 3. The summed E-state index contributed by atoms with van der Waals surface area (Å²) in [6.45, 7) is 9.76. The van der Waals surface area contributed by atoms with Gasteiger partial charge in [-0.3, -0.25) is 14.4 Å². The molecule has 1 unspecified atom stereocenters. The third-order valence-corrected chi connectivity index (χ3v) is 5.66. The van der Waals surface area contributed by atoms with Gasteiger partial charge < -0.3 is 30.2 Å². The Morgan fingerprint density at radius 1 is 1.23 bits per heavy atom. The van der Waals surface area contributed by atoms with Crippen molar-refractivity contribution in [3.8, 4) is 0 Å². The molecule has 0 aliphatic carbocycles. The van der Waals surface area contributed by atoms with Gasteiger partial charge in [-0.2, -0.15) is 0 Å². The molecule has 9 nitrogen and oxygen atoms in total. The van der Waals surface area contributed by atoms with Gasteiger partial charge in [0.2, 0.25) is 11.8 Å². The molecule has 2 aliphatic heterocycles. The Hall–Kier alpha value is -2.39. The van der Waals surface area contributed by atoms with Crippen molar-refractivity contribution in [2.45, 2.75) is 45.9 Å². The summed E-state index contributed by atoms with van der Waals surface area (Å²) in [5.74, 6) is -0.0835. The highest BCUT2D eigenvalue weighted by atomic mass is 16.3. The predicted molar refractivity (Wildman–Crippen MR) is 111 cm³/mol. The van der Waals surface area contributed by atoms with Crippen LogP contribution < -0.4 is 11.1 Å². The number of carbonyl (C=O) groups is 3. The van der Waals surface area contributed by atoms with Gasteiger partial charge in [0.15, 0.2) is 5.76 Å². The lowest BCUT2D eigenvalue weighted by Crippen LogP contribution is -2.76. The first-order valence-corrected chi connectivity index (χ1v) is 10.6. The summed E-state index contributed by atoms with van der Waals surface area (Å²) in [4.78, 5) is 44.8. The number of carbonyl (C=O) groups excluding carboxylic acids is 3. The Bertz CT molecular complexity index is 763. The minimum Gasteiger partial charge on any atom is -0.459 e. The SMILES string of the molecule is CC(C)CN[C@H]1CN(C(=O)c2ccco2)C2CN(CCN)C(=O)[C@H](C(C)C)N2C1=O. The van der Waals surface area contributed by atoms with Crippen molar-refractivity contribution in [3.05, 3.63) is 24.2 Å². The summed E-state index contributed by atoms with van der Waals surface area (Å²) in [5, 5.41) is 3.28. The largest absolute Gasteiger partial charge is 0.459 e. The van der Waals surface area contributed by atoms with Crippen molar-refractivity contribution in [1.29, 1.82) is 0 Å². The van der Waals surface area contributed by atoms with Crippen LogP contribution in [0, 0.1) is 11.8 Å². The van der Waals surface area contributed by atoms with E-state index in [1.165, 1.54) is 6.26 Å².